The Balaban J connectivity index is 1.98. The molecule has 0 aliphatic carbocycles. The predicted molar refractivity (Wildman–Crippen MR) is 75.6 cm³/mol. The van der Waals surface area contributed by atoms with E-state index in [1.165, 1.54) is 14.2 Å². The molecule has 0 saturated carbocycles. The lowest BCUT2D eigenvalue weighted by atomic mass is 10.2. The number of hydrogen-bond donors (Lipinski definition) is 0. The van der Waals surface area contributed by atoms with Crippen LogP contribution in [0.1, 0.15) is 23.2 Å². The summed E-state index contributed by atoms with van der Waals surface area (Å²) in [4.78, 5) is 25.6. The third kappa shape index (κ3) is 3.65. The highest BCUT2D eigenvalue weighted by Gasteiger charge is 2.21. The molecule has 6 nitrogen and oxygen atoms in total. The molecule has 1 aromatic carbocycles. The minimum absolute atomic E-state index is 0.159. The van der Waals surface area contributed by atoms with Crippen molar-refractivity contribution < 1.29 is 23.8 Å². The van der Waals surface area contributed by atoms with Crippen LogP contribution in [0.4, 0.5) is 0 Å². The molecule has 1 heterocycles. The fourth-order valence-electron chi connectivity index (χ4n) is 2.23. The van der Waals surface area contributed by atoms with E-state index in [1.807, 2.05) is 0 Å². The highest BCUT2D eigenvalue weighted by atomic mass is 16.5. The van der Waals surface area contributed by atoms with E-state index in [4.69, 9.17) is 14.2 Å². The molecular weight excluding hydrogens is 274 g/mol. The van der Waals surface area contributed by atoms with Crippen molar-refractivity contribution in [1.29, 1.82) is 0 Å². The van der Waals surface area contributed by atoms with Crippen molar-refractivity contribution in [3.05, 3.63) is 23.8 Å². The number of hydrogen-bond acceptors (Lipinski definition) is 5. The highest BCUT2D eigenvalue weighted by Crippen LogP contribution is 2.25. The molecule has 0 aromatic heterocycles. The van der Waals surface area contributed by atoms with Crippen LogP contribution in [-0.4, -0.2) is 50.7 Å². The van der Waals surface area contributed by atoms with Gasteiger partial charge in [-0.05, 0) is 25.0 Å². The van der Waals surface area contributed by atoms with Gasteiger partial charge < -0.3 is 19.1 Å². The third-order valence-electron chi connectivity index (χ3n) is 3.41. The Morgan fingerprint density at radius 2 is 1.86 bits per heavy atom. The highest BCUT2D eigenvalue weighted by molar-refractivity contribution is 5.94. The van der Waals surface area contributed by atoms with Crippen LogP contribution in [0.15, 0.2) is 18.2 Å². The van der Waals surface area contributed by atoms with Crippen LogP contribution in [0, 0.1) is 0 Å². The van der Waals surface area contributed by atoms with Gasteiger partial charge in [0.2, 0.25) is 0 Å². The summed E-state index contributed by atoms with van der Waals surface area (Å²) in [6.45, 7) is 1.23. The number of carbonyl (C=O) groups excluding carboxylic acids is 2. The minimum atomic E-state index is -0.581. The smallest absolute Gasteiger partial charge is 0.342 e. The summed E-state index contributed by atoms with van der Waals surface area (Å²) in [6.07, 6.45) is 2.01. The van der Waals surface area contributed by atoms with Gasteiger partial charge in [-0.2, -0.15) is 0 Å². The molecule has 1 saturated heterocycles. The Bertz CT molecular complexity index is 523. The summed E-state index contributed by atoms with van der Waals surface area (Å²) in [5, 5.41) is 0. The molecule has 0 bridgehead atoms. The van der Waals surface area contributed by atoms with Crippen LogP contribution in [0.3, 0.4) is 0 Å². The van der Waals surface area contributed by atoms with Gasteiger partial charge in [0.05, 0.1) is 14.2 Å². The standard InChI is InChI=1S/C15H19NO5/c1-19-11-5-6-12(13(9-11)20-2)15(18)21-10-14(17)16-7-3-4-8-16/h5-6,9H,3-4,7-8,10H2,1-2H3. The molecule has 6 heteroatoms. The van der Waals surface area contributed by atoms with Gasteiger partial charge in [0.15, 0.2) is 6.61 Å². The summed E-state index contributed by atoms with van der Waals surface area (Å²) >= 11 is 0. The fourth-order valence-corrected chi connectivity index (χ4v) is 2.23. The van der Waals surface area contributed by atoms with Crippen molar-refractivity contribution in [3.8, 4) is 11.5 Å². The molecule has 0 atom stereocenters. The lowest BCUT2D eigenvalue weighted by molar-refractivity contribution is -0.133. The molecule has 1 aliphatic heterocycles. The second-order valence-corrected chi connectivity index (χ2v) is 4.73. The maximum absolute atomic E-state index is 12.0. The molecule has 2 rings (SSSR count). The fraction of sp³-hybridized carbons (Fsp3) is 0.467. The summed E-state index contributed by atoms with van der Waals surface area (Å²) in [5.74, 6) is 0.194. The van der Waals surface area contributed by atoms with Crippen LogP contribution in [0.5, 0.6) is 11.5 Å². The van der Waals surface area contributed by atoms with Crippen molar-refractivity contribution in [2.75, 3.05) is 33.9 Å². The van der Waals surface area contributed by atoms with Gasteiger partial charge in [0.1, 0.15) is 17.1 Å². The van der Waals surface area contributed by atoms with Gasteiger partial charge in [-0.3, -0.25) is 4.79 Å². The van der Waals surface area contributed by atoms with E-state index in [0.29, 0.717) is 11.5 Å². The van der Waals surface area contributed by atoms with Crippen LogP contribution in [0.2, 0.25) is 0 Å². The molecule has 0 N–H and O–H groups in total. The summed E-state index contributed by atoms with van der Waals surface area (Å²) in [5.41, 5.74) is 0.271. The molecule has 1 fully saturated rings. The Hall–Kier alpha value is -2.24. The average molecular weight is 293 g/mol. The Labute approximate surface area is 123 Å². The molecule has 0 spiro atoms. The van der Waals surface area contributed by atoms with Gasteiger partial charge in [-0.25, -0.2) is 4.79 Å². The number of amides is 1. The first-order chi connectivity index (χ1) is 10.2. The monoisotopic (exact) mass is 293 g/mol. The van der Waals surface area contributed by atoms with Crippen LogP contribution in [0.25, 0.3) is 0 Å². The van der Waals surface area contributed by atoms with Crippen molar-refractivity contribution in [2.45, 2.75) is 12.8 Å². The lowest BCUT2D eigenvalue weighted by Crippen LogP contribution is -2.32. The van der Waals surface area contributed by atoms with E-state index >= 15 is 0 Å². The number of benzene rings is 1. The zero-order valence-electron chi connectivity index (χ0n) is 12.3. The van der Waals surface area contributed by atoms with E-state index in [9.17, 15) is 9.59 Å². The number of likely N-dealkylation sites (tertiary alicyclic amines) is 1. The number of ether oxygens (including phenoxy) is 3. The number of methoxy groups -OCH3 is 2. The van der Waals surface area contributed by atoms with E-state index in [-0.39, 0.29) is 18.1 Å². The first-order valence-corrected chi connectivity index (χ1v) is 6.82. The predicted octanol–water partition coefficient (Wildman–Crippen LogP) is 1.48. The number of rotatable bonds is 5. The average Bonchev–Trinajstić information content (AvgIpc) is 3.06. The molecule has 21 heavy (non-hydrogen) atoms. The van der Waals surface area contributed by atoms with Gasteiger partial charge in [-0.15, -0.1) is 0 Å². The zero-order chi connectivity index (χ0) is 15.2. The van der Waals surface area contributed by atoms with E-state index in [0.717, 1.165) is 25.9 Å². The maximum atomic E-state index is 12.0. The summed E-state index contributed by atoms with van der Waals surface area (Å²) < 4.78 is 15.3. The van der Waals surface area contributed by atoms with Crippen molar-refractivity contribution >= 4 is 11.9 Å². The lowest BCUT2D eigenvalue weighted by Gasteiger charge is -2.15. The second-order valence-electron chi connectivity index (χ2n) is 4.73. The van der Waals surface area contributed by atoms with Gasteiger partial charge in [0, 0.05) is 19.2 Å². The number of carbonyl (C=O) groups is 2. The Morgan fingerprint density at radius 1 is 1.14 bits per heavy atom. The number of esters is 1. The minimum Gasteiger partial charge on any atom is -0.497 e. The zero-order valence-corrected chi connectivity index (χ0v) is 12.3. The molecular formula is C15H19NO5. The van der Waals surface area contributed by atoms with Gasteiger partial charge in [0.25, 0.3) is 5.91 Å². The van der Waals surface area contributed by atoms with Crippen LogP contribution in [-0.2, 0) is 9.53 Å². The quantitative estimate of drug-likeness (QED) is 0.769. The maximum Gasteiger partial charge on any atom is 0.342 e. The van der Waals surface area contributed by atoms with E-state index in [1.54, 1.807) is 23.1 Å². The van der Waals surface area contributed by atoms with E-state index in [2.05, 4.69) is 0 Å². The van der Waals surface area contributed by atoms with Crippen molar-refractivity contribution in [2.24, 2.45) is 0 Å². The van der Waals surface area contributed by atoms with Crippen molar-refractivity contribution in [3.63, 3.8) is 0 Å². The molecule has 0 radical (unpaired) electrons. The third-order valence-corrected chi connectivity index (χ3v) is 3.41. The molecule has 1 aliphatic rings. The Morgan fingerprint density at radius 3 is 2.48 bits per heavy atom. The van der Waals surface area contributed by atoms with Gasteiger partial charge in [-0.1, -0.05) is 0 Å². The van der Waals surface area contributed by atoms with Crippen LogP contribution < -0.4 is 9.47 Å². The first kappa shape index (κ1) is 15.2. The number of nitrogens with zero attached hydrogens (tertiary/aromatic N) is 1. The van der Waals surface area contributed by atoms with Gasteiger partial charge >= 0.3 is 5.97 Å². The summed E-state index contributed by atoms with van der Waals surface area (Å²) in [6, 6.07) is 4.79. The van der Waals surface area contributed by atoms with Crippen molar-refractivity contribution in [1.82, 2.24) is 4.90 Å². The Kier molecular flexibility index (Phi) is 5.03. The molecule has 1 aromatic rings. The largest absolute Gasteiger partial charge is 0.497 e. The molecule has 1 amide bonds. The topological polar surface area (TPSA) is 65.1 Å². The summed E-state index contributed by atoms with van der Waals surface area (Å²) in [7, 11) is 2.99. The first-order valence-electron chi connectivity index (χ1n) is 6.82. The SMILES string of the molecule is COc1ccc(C(=O)OCC(=O)N2CCCC2)c(OC)c1. The second kappa shape index (κ2) is 6.97. The van der Waals surface area contributed by atoms with E-state index < -0.39 is 5.97 Å². The molecule has 114 valence electrons. The molecule has 0 unspecified atom stereocenters. The normalized spacial score (nSPS) is 13.9. The van der Waals surface area contributed by atoms with Crippen LogP contribution >= 0.6 is 0 Å².